The second-order valence-corrected chi connectivity index (χ2v) is 8.03. The molecule has 0 spiro atoms. The molecule has 0 N–H and O–H groups in total. The van der Waals surface area contributed by atoms with Gasteiger partial charge in [-0.25, -0.2) is 0 Å². The summed E-state index contributed by atoms with van der Waals surface area (Å²) in [5.41, 5.74) is 0.563. The van der Waals surface area contributed by atoms with Gasteiger partial charge >= 0.3 is 8.56 Å². The largest absolute Gasteiger partial charge is 0.397 e. The van der Waals surface area contributed by atoms with Crippen molar-refractivity contribution >= 4 is 8.56 Å². The van der Waals surface area contributed by atoms with Crippen LogP contribution in [-0.4, -0.2) is 22.8 Å². The Morgan fingerprint density at radius 1 is 1.25 bits per heavy atom. The molecule has 1 aliphatic rings. The van der Waals surface area contributed by atoms with Gasteiger partial charge in [-0.15, -0.1) is 0 Å². The van der Waals surface area contributed by atoms with Crippen molar-refractivity contribution in [3.63, 3.8) is 0 Å². The summed E-state index contributed by atoms with van der Waals surface area (Å²) >= 11 is 0. The maximum Gasteiger partial charge on any atom is 0.340 e. The maximum absolute atomic E-state index is 5.62. The van der Waals surface area contributed by atoms with E-state index in [1.165, 1.54) is 18.9 Å². The summed E-state index contributed by atoms with van der Waals surface area (Å²) in [5.74, 6) is 0.902. The van der Waals surface area contributed by atoms with E-state index < -0.39 is 8.56 Å². The van der Waals surface area contributed by atoms with E-state index in [0.29, 0.717) is 5.54 Å². The fourth-order valence-corrected chi connectivity index (χ4v) is 4.81. The molecule has 1 fully saturated rings. The van der Waals surface area contributed by atoms with Gasteiger partial charge in [-0.2, -0.15) is 0 Å². The molecule has 0 bridgehead atoms. The molecule has 0 heterocycles. The third-order valence-corrected chi connectivity index (χ3v) is 7.13. The van der Waals surface area contributed by atoms with E-state index in [9.17, 15) is 0 Å². The van der Waals surface area contributed by atoms with Gasteiger partial charge in [0.25, 0.3) is 0 Å². The van der Waals surface area contributed by atoms with Crippen LogP contribution >= 0.6 is 0 Å². The van der Waals surface area contributed by atoms with Crippen molar-refractivity contribution in [2.24, 2.45) is 5.92 Å². The van der Waals surface area contributed by atoms with Gasteiger partial charge in [-0.1, -0.05) is 26.7 Å². The summed E-state index contributed by atoms with van der Waals surface area (Å²) < 4.78 is 11.2. The first kappa shape index (κ1) is 10.2. The minimum Gasteiger partial charge on any atom is -0.397 e. The lowest BCUT2D eigenvalue weighted by molar-refractivity contribution is 0.230. The van der Waals surface area contributed by atoms with Gasteiger partial charge in [0.15, 0.2) is 0 Å². The van der Waals surface area contributed by atoms with Crippen LogP contribution < -0.4 is 0 Å². The first-order valence-electron chi connectivity index (χ1n) is 4.75. The standard InChI is InChI=1S/C9H20O2Si/c1-8(2)12(10-3,11-4)7-9-5-6-9/h8-9H,5-7H2,1-4H3. The highest BCUT2D eigenvalue weighted by atomic mass is 28.4. The highest BCUT2D eigenvalue weighted by Crippen LogP contribution is 2.41. The van der Waals surface area contributed by atoms with Gasteiger partial charge < -0.3 is 8.85 Å². The van der Waals surface area contributed by atoms with Crippen LogP contribution in [0, 0.1) is 5.92 Å². The molecular weight excluding hydrogens is 168 g/mol. The Bertz CT molecular complexity index is 139. The highest BCUT2D eigenvalue weighted by molar-refractivity contribution is 6.68. The number of hydrogen-bond donors (Lipinski definition) is 0. The summed E-state index contributed by atoms with van der Waals surface area (Å²) in [5, 5.41) is 0. The van der Waals surface area contributed by atoms with Crippen molar-refractivity contribution in [3.8, 4) is 0 Å². The second kappa shape index (κ2) is 3.90. The zero-order valence-electron chi connectivity index (χ0n) is 8.59. The fourth-order valence-electron chi connectivity index (χ4n) is 1.68. The zero-order valence-corrected chi connectivity index (χ0v) is 9.59. The second-order valence-electron chi connectivity index (χ2n) is 4.02. The van der Waals surface area contributed by atoms with Crippen LogP contribution in [0.25, 0.3) is 0 Å². The molecule has 2 nitrogen and oxygen atoms in total. The summed E-state index contributed by atoms with van der Waals surface area (Å²) in [6.07, 6.45) is 2.77. The van der Waals surface area contributed by atoms with Gasteiger partial charge in [0.2, 0.25) is 0 Å². The van der Waals surface area contributed by atoms with Crippen LogP contribution in [0.2, 0.25) is 11.6 Å². The zero-order chi connectivity index (χ0) is 9.19. The molecule has 0 aromatic rings. The van der Waals surface area contributed by atoms with Crippen molar-refractivity contribution < 1.29 is 8.85 Å². The van der Waals surface area contributed by atoms with Crippen molar-refractivity contribution in [2.75, 3.05) is 14.2 Å². The minimum atomic E-state index is -1.82. The summed E-state index contributed by atoms with van der Waals surface area (Å²) in [6, 6.07) is 1.19. The van der Waals surface area contributed by atoms with Crippen molar-refractivity contribution in [3.05, 3.63) is 0 Å². The van der Waals surface area contributed by atoms with Crippen LogP contribution in [0.15, 0.2) is 0 Å². The molecule has 1 aliphatic carbocycles. The predicted molar refractivity (Wildman–Crippen MR) is 52.4 cm³/mol. The Labute approximate surface area is 76.5 Å². The van der Waals surface area contributed by atoms with E-state index in [0.717, 1.165) is 5.92 Å². The maximum atomic E-state index is 5.62. The Morgan fingerprint density at radius 2 is 1.75 bits per heavy atom. The third kappa shape index (κ3) is 2.09. The van der Waals surface area contributed by atoms with E-state index in [-0.39, 0.29) is 0 Å². The van der Waals surface area contributed by atoms with Crippen LogP contribution in [-0.2, 0) is 8.85 Å². The topological polar surface area (TPSA) is 18.5 Å². The summed E-state index contributed by atoms with van der Waals surface area (Å²) in [6.45, 7) is 4.42. The molecule has 0 unspecified atom stereocenters. The molecular formula is C9H20O2Si. The lowest BCUT2D eigenvalue weighted by Crippen LogP contribution is -2.43. The van der Waals surface area contributed by atoms with Gasteiger partial charge in [0.1, 0.15) is 0 Å². The highest BCUT2D eigenvalue weighted by Gasteiger charge is 2.44. The lowest BCUT2D eigenvalue weighted by atomic mass is 10.5. The Kier molecular flexibility index (Phi) is 3.32. The van der Waals surface area contributed by atoms with E-state index in [1.807, 2.05) is 0 Å². The summed E-state index contributed by atoms with van der Waals surface area (Å²) in [4.78, 5) is 0. The van der Waals surface area contributed by atoms with Gasteiger partial charge in [0.05, 0.1) is 0 Å². The average molecular weight is 188 g/mol. The molecule has 0 aliphatic heterocycles. The molecule has 72 valence electrons. The Hall–Kier alpha value is 0.137. The molecule has 1 rings (SSSR count). The van der Waals surface area contributed by atoms with Crippen molar-refractivity contribution in [2.45, 2.75) is 38.3 Å². The first-order valence-corrected chi connectivity index (χ1v) is 6.85. The molecule has 0 aromatic carbocycles. The molecule has 0 amide bonds. The normalized spacial score (nSPS) is 18.8. The van der Waals surface area contributed by atoms with Gasteiger partial charge in [-0.05, 0) is 17.5 Å². The smallest absolute Gasteiger partial charge is 0.340 e. The van der Waals surface area contributed by atoms with Crippen LogP contribution in [0.4, 0.5) is 0 Å². The monoisotopic (exact) mass is 188 g/mol. The predicted octanol–water partition coefficient (Wildman–Crippen LogP) is 2.54. The van der Waals surface area contributed by atoms with Crippen molar-refractivity contribution in [1.82, 2.24) is 0 Å². The number of hydrogen-bond acceptors (Lipinski definition) is 2. The van der Waals surface area contributed by atoms with Gasteiger partial charge in [0, 0.05) is 14.2 Å². The molecule has 0 radical (unpaired) electrons. The lowest BCUT2D eigenvalue weighted by Gasteiger charge is -2.31. The van der Waals surface area contributed by atoms with Crippen molar-refractivity contribution in [1.29, 1.82) is 0 Å². The Balaban J connectivity index is 2.53. The molecule has 12 heavy (non-hydrogen) atoms. The molecule has 1 saturated carbocycles. The van der Waals surface area contributed by atoms with E-state index in [4.69, 9.17) is 8.85 Å². The third-order valence-electron chi connectivity index (χ3n) is 2.84. The SMILES string of the molecule is CO[Si](CC1CC1)(OC)C(C)C. The first-order chi connectivity index (χ1) is 5.64. The Morgan fingerprint density at radius 3 is 2.00 bits per heavy atom. The quantitative estimate of drug-likeness (QED) is 0.617. The van der Waals surface area contributed by atoms with Crippen LogP contribution in [0.5, 0.6) is 0 Å². The van der Waals surface area contributed by atoms with Crippen LogP contribution in [0.1, 0.15) is 26.7 Å². The molecule has 0 saturated heterocycles. The van der Waals surface area contributed by atoms with Crippen LogP contribution in [0.3, 0.4) is 0 Å². The summed E-state index contributed by atoms with van der Waals surface area (Å²) in [7, 11) is 1.79. The molecule has 3 heteroatoms. The minimum absolute atomic E-state index is 0.563. The van der Waals surface area contributed by atoms with E-state index in [1.54, 1.807) is 14.2 Å². The fraction of sp³-hybridized carbons (Fsp3) is 1.00. The molecule has 0 atom stereocenters. The number of rotatable bonds is 5. The average Bonchev–Trinajstić information content (AvgIpc) is 2.83. The van der Waals surface area contributed by atoms with E-state index >= 15 is 0 Å². The van der Waals surface area contributed by atoms with Gasteiger partial charge in [-0.3, -0.25) is 0 Å². The molecule has 0 aromatic heterocycles. The van der Waals surface area contributed by atoms with E-state index in [2.05, 4.69) is 13.8 Å².